The topological polar surface area (TPSA) is 223 Å². The SMILES string of the molecule is CC(=O)OCC[C@@]12CC[C@H]3[C@]14N(C(=O)C2)c1cc(OS(=O)(=O)c2ccc(C)cc2)c(OS(=O)(=O)c2ccc(C)cc2)cc1[C@]3(O[Si](C)(C)C)CCN4S(=O)(=O)c1ccccc1[N+](=O)[O-]. The van der Waals surface area contributed by atoms with Crippen LogP contribution in [0.4, 0.5) is 11.4 Å². The Morgan fingerprint density at radius 3 is 1.95 bits per heavy atom. The van der Waals surface area contributed by atoms with Crippen LogP contribution in [0.3, 0.4) is 0 Å². The van der Waals surface area contributed by atoms with Gasteiger partial charge in [0.15, 0.2) is 24.7 Å². The average Bonchev–Trinajstić information content (AvgIpc) is 3.65. The van der Waals surface area contributed by atoms with Gasteiger partial charge in [-0.15, -0.1) is 0 Å². The number of benzene rings is 4. The first-order valence-electron chi connectivity index (χ1n) is 20.5. The summed E-state index contributed by atoms with van der Waals surface area (Å²) >= 11 is 0. The van der Waals surface area contributed by atoms with Crippen molar-refractivity contribution < 1.29 is 57.3 Å². The summed E-state index contributed by atoms with van der Waals surface area (Å²) in [4.78, 5) is 39.0. The predicted octanol–water partition coefficient (Wildman–Crippen LogP) is 6.68. The fourth-order valence-electron chi connectivity index (χ4n) is 10.4. The first-order valence-corrected chi connectivity index (χ1v) is 28.2. The van der Waals surface area contributed by atoms with Gasteiger partial charge in [-0.1, -0.05) is 47.5 Å². The van der Waals surface area contributed by atoms with Gasteiger partial charge in [-0.3, -0.25) is 24.6 Å². The van der Waals surface area contributed by atoms with Crippen LogP contribution in [0.2, 0.25) is 19.6 Å². The number of piperidine rings is 1. The van der Waals surface area contributed by atoms with Crippen LogP contribution in [0.1, 0.15) is 55.7 Å². The van der Waals surface area contributed by atoms with Gasteiger partial charge in [0.2, 0.25) is 5.91 Å². The van der Waals surface area contributed by atoms with Crippen LogP contribution in [0.25, 0.3) is 0 Å². The van der Waals surface area contributed by atoms with Crippen molar-refractivity contribution in [1.82, 2.24) is 4.31 Å². The number of nitrogens with zero attached hydrogens (tertiary/aromatic N) is 3. The number of aryl methyl sites for hydroxylation is 2. The van der Waals surface area contributed by atoms with E-state index in [9.17, 15) is 31.7 Å². The summed E-state index contributed by atoms with van der Waals surface area (Å²) < 4.78 is 113. The summed E-state index contributed by atoms with van der Waals surface area (Å²) in [5, 5.41) is 12.4. The van der Waals surface area contributed by atoms with Gasteiger partial charge in [-0.05, 0) is 95.6 Å². The summed E-state index contributed by atoms with van der Waals surface area (Å²) in [7, 11) is -17.1. The van der Waals surface area contributed by atoms with E-state index in [0.29, 0.717) is 0 Å². The van der Waals surface area contributed by atoms with Crippen molar-refractivity contribution in [3.05, 3.63) is 112 Å². The molecule has 4 atom stereocenters. The number of para-hydroxylation sites is 1. The largest absolute Gasteiger partial charge is 0.466 e. The molecule has 4 aromatic carbocycles. The van der Waals surface area contributed by atoms with E-state index in [1.165, 1.54) is 60.4 Å². The highest BCUT2D eigenvalue weighted by atomic mass is 32.2. The number of carbonyl (C=O) groups is 2. The molecule has 21 heteroatoms. The molecule has 8 rings (SSSR count). The van der Waals surface area contributed by atoms with E-state index in [4.69, 9.17) is 17.5 Å². The zero-order valence-electron chi connectivity index (χ0n) is 35.9. The maximum Gasteiger partial charge on any atom is 0.339 e. The van der Waals surface area contributed by atoms with Crippen molar-refractivity contribution in [3.8, 4) is 11.5 Å². The molecule has 1 spiro atoms. The quantitative estimate of drug-likeness (QED) is 0.0423. The first-order chi connectivity index (χ1) is 29.9. The molecule has 64 heavy (non-hydrogen) atoms. The molecular weight excluding hydrogens is 907 g/mol. The van der Waals surface area contributed by atoms with E-state index < -0.39 is 100 Å². The van der Waals surface area contributed by atoms with Crippen LogP contribution in [0.5, 0.6) is 11.5 Å². The van der Waals surface area contributed by atoms with E-state index in [-0.39, 0.29) is 66.3 Å². The van der Waals surface area contributed by atoms with Gasteiger partial charge in [-0.2, -0.15) is 21.1 Å². The van der Waals surface area contributed by atoms with Crippen molar-refractivity contribution in [1.29, 1.82) is 0 Å². The first kappa shape index (κ1) is 45.4. The Morgan fingerprint density at radius 2 is 1.41 bits per heavy atom. The lowest BCUT2D eigenvalue weighted by Gasteiger charge is -2.65. The van der Waals surface area contributed by atoms with Gasteiger partial charge in [0, 0.05) is 48.9 Å². The number of sulfonamides is 1. The molecule has 4 aromatic rings. The molecule has 0 N–H and O–H groups in total. The highest BCUT2D eigenvalue weighted by Crippen LogP contribution is 2.74. The van der Waals surface area contributed by atoms with E-state index in [2.05, 4.69) is 0 Å². The third-order valence-corrected chi connectivity index (χ3v) is 18.1. The molecule has 2 bridgehead atoms. The minimum Gasteiger partial charge on any atom is -0.466 e. The molecule has 3 aliphatic heterocycles. The molecule has 0 radical (unpaired) electrons. The number of carbonyl (C=O) groups excluding carboxylic acids is 2. The van der Waals surface area contributed by atoms with E-state index in [1.54, 1.807) is 38.1 Å². The highest BCUT2D eigenvalue weighted by molar-refractivity contribution is 7.89. The van der Waals surface area contributed by atoms with Crippen LogP contribution < -0.4 is 13.3 Å². The fourth-order valence-corrected chi connectivity index (χ4v) is 15.7. The highest BCUT2D eigenvalue weighted by Gasteiger charge is 2.81. The van der Waals surface area contributed by atoms with Crippen LogP contribution >= 0.6 is 0 Å². The van der Waals surface area contributed by atoms with Gasteiger partial charge in [0.25, 0.3) is 15.7 Å². The lowest BCUT2D eigenvalue weighted by atomic mass is 9.62. The monoisotopic (exact) mass is 953 g/mol. The van der Waals surface area contributed by atoms with Crippen molar-refractivity contribution >= 4 is 61.8 Å². The molecule has 3 fully saturated rings. The number of esters is 1. The summed E-state index contributed by atoms with van der Waals surface area (Å²) in [6.45, 7) is 9.98. The van der Waals surface area contributed by atoms with Crippen molar-refractivity contribution in [3.63, 3.8) is 0 Å². The Bertz CT molecular complexity index is 2940. The summed E-state index contributed by atoms with van der Waals surface area (Å²) in [6.07, 6.45) is 0.103. The molecule has 1 amide bonds. The molecule has 0 aromatic heterocycles. The molecule has 4 aliphatic rings. The second-order valence-corrected chi connectivity index (χ2v) is 27.1. The molecule has 340 valence electrons. The van der Waals surface area contributed by atoms with E-state index >= 15 is 13.2 Å². The molecule has 17 nitrogen and oxygen atoms in total. The van der Waals surface area contributed by atoms with Crippen LogP contribution in [0.15, 0.2) is 99.6 Å². The predicted molar refractivity (Wildman–Crippen MR) is 233 cm³/mol. The Balaban J connectivity index is 1.44. The molecular formula is C43H47N3O14S3Si. The summed E-state index contributed by atoms with van der Waals surface area (Å²) in [5.74, 6) is -3.27. The Labute approximate surface area is 372 Å². The molecule has 3 heterocycles. The number of ether oxygens (including phenoxy) is 1. The third kappa shape index (κ3) is 7.20. The third-order valence-electron chi connectivity index (χ3n) is 12.7. The minimum absolute atomic E-state index is 0.00622. The van der Waals surface area contributed by atoms with Gasteiger partial charge in [-0.25, -0.2) is 8.42 Å². The smallest absolute Gasteiger partial charge is 0.339 e. The van der Waals surface area contributed by atoms with Gasteiger partial charge < -0.3 is 17.5 Å². The molecule has 2 saturated heterocycles. The minimum atomic E-state index is -4.88. The van der Waals surface area contributed by atoms with Crippen LogP contribution in [-0.2, 0) is 54.6 Å². The van der Waals surface area contributed by atoms with Crippen molar-refractivity contribution in [2.45, 2.75) is 98.5 Å². The Hall–Kier alpha value is -5.19. The lowest BCUT2D eigenvalue weighted by molar-refractivity contribution is -0.387. The second kappa shape index (κ2) is 15.5. The van der Waals surface area contributed by atoms with Gasteiger partial charge >= 0.3 is 26.2 Å². The maximum absolute atomic E-state index is 15.4. The molecule has 1 aliphatic carbocycles. The molecule has 0 unspecified atom stereocenters. The number of anilines is 1. The normalized spacial score (nSPS) is 24.2. The number of rotatable bonds is 14. The standard InChI is InChI=1S/C43H47N3O14S3Si/c1-28-11-15-31(16-12-28)62(53,54)58-36-25-33-35(26-37(36)59-63(55,56)32-17-13-29(2)14-18-32)45-40(48)27-41(22-24-57-30(3)47)20-19-39-42(33,60-64(4,5)6)21-23-44(43(39,41)45)61(51,52)38-10-8-7-9-34(38)46(49)50/h7-18,25-26,39H,19-24,27H2,1-6H3/t39-,41-,42-,43+/m1/s1. The van der Waals surface area contributed by atoms with Gasteiger partial charge in [0.1, 0.15) is 15.5 Å². The number of amides is 1. The Kier molecular flexibility index (Phi) is 11.0. The number of fused-ring (bicyclic) bond motifs is 3. The van der Waals surface area contributed by atoms with Crippen LogP contribution in [0, 0.1) is 35.3 Å². The van der Waals surface area contributed by atoms with E-state index in [0.717, 1.165) is 27.6 Å². The zero-order valence-corrected chi connectivity index (χ0v) is 39.3. The van der Waals surface area contributed by atoms with E-state index in [1.807, 2.05) is 19.6 Å². The van der Waals surface area contributed by atoms with Gasteiger partial charge in [0.05, 0.1) is 22.8 Å². The molecule has 1 saturated carbocycles. The summed E-state index contributed by atoms with van der Waals surface area (Å²) in [5.41, 5.74) is -3.65. The fraction of sp³-hybridized carbons (Fsp3) is 0.395. The second-order valence-electron chi connectivity index (χ2n) is 17.8. The Morgan fingerprint density at radius 1 is 0.844 bits per heavy atom. The number of hydrogen-bond donors (Lipinski definition) is 0. The average molecular weight is 954 g/mol. The van der Waals surface area contributed by atoms with Crippen molar-refractivity contribution in [2.24, 2.45) is 11.3 Å². The number of nitro groups is 1. The summed E-state index contributed by atoms with van der Waals surface area (Å²) in [6, 6.07) is 18.9. The maximum atomic E-state index is 15.4. The van der Waals surface area contributed by atoms with Crippen LogP contribution in [-0.4, -0.2) is 73.5 Å². The number of nitro benzene ring substituents is 1. The number of hydrogen-bond acceptors (Lipinski definition) is 14. The van der Waals surface area contributed by atoms with Crippen molar-refractivity contribution in [2.75, 3.05) is 18.1 Å². The lowest BCUT2D eigenvalue weighted by Crippen LogP contribution is -2.77. The zero-order chi connectivity index (χ0) is 46.4.